The van der Waals surface area contributed by atoms with Crippen molar-refractivity contribution >= 4 is 27.4 Å². The van der Waals surface area contributed by atoms with Crippen LogP contribution >= 0.6 is 11.6 Å². The van der Waals surface area contributed by atoms with Crippen LogP contribution in [0.4, 0.5) is 5.82 Å². The van der Waals surface area contributed by atoms with E-state index in [1.165, 1.54) is 23.6 Å². The quantitative estimate of drug-likeness (QED) is 0.558. The van der Waals surface area contributed by atoms with Gasteiger partial charge >= 0.3 is 0 Å². The lowest BCUT2D eigenvalue weighted by Gasteiger charge is -2.34. The Morgan fingerprint density at radius 1 is 1.48 bits per heavy atom. The predicted molar refractivity (Wildman–Crippen MR) is 80.3 cm³/mol. The van der Waals surface area contributed by atoms with Gasteiger partial charge in [-0.2, -0.15) is 4.31 Å². The molecule has 1 fully saturated rings. The maximum Gasteiger partial charge on any atom is 0.244 e. The highest BCUT2D eigenvalue weighted by Gasteiger charge is 2.34. The van der Waals surface area contributed by atoms with Gasteiger partial charge in [0.05, 0.1) is 17.2 Å². The molecule has 1 aromatic heterocycles. The number of hydrogen-bond donors (Lipinski definition) is 3. The van der Waals surface area contributed by atoms with Gasteiger partial charge < -0.3 is 10.5 Å². The molecule has 0 spiro atoms. The molecule has 9 heteroatoms. The minimum Gasteiger partial charge on any atom is -0.391 e. The second-order valence-electron chi connectivity index (χ2n) is 5.09. The largest absolute Gasteiger partial charge is 0.391 e. The van der Waals surface area contributed by atoms with Gasteiger partial charge in [-0.3, -0.25) is 0 Å². The predicted octanol–water partition coefficient (Wildman–Crippen LogP) is 0.945. The number of pyridine rings is 1. The highest BCUT2D eigenvalue weighted by molar-refractivity contribution is 7.89. The monoisotopic (exact) mass is 334 g/mol. The molecule has 1 aliphatic rings. The number of hydrazine groups is 1. The van der Waals surface area contributed by atoms with Crippen LogP contribution in [0, 0.1) is 0 Å². The summed E-state index contributed by atoms with van der Waals surface area (Å²) in [6.45, 7) is 0. The number of nitrogens with zero attached hydrogens (tertiary/aromatic N) is 2. The van der Waals surface area contributed by atoms with Gasteiger partial charge in [-0.25, -0.2) is 19.2 Å². The van der Waals surface area contributed by atoms with Crippen LogP contribution in [0.5, 0.6) is 0 Å². The Kier molecular flexibility index (Phi) is 5.05. The average Bonchev–Trinajstić information content (AvgIpc) is 2.47. The van der Waals surface area contributed by atoms with Crippen LogP contribution in [0.1, 0.15) is 25.7 Å². The van der Waals surface area contributed by atoms with Crippen molar-refractivity contribution in [3.8, 4) is 0 Å². The zero-order valence-electron chi connectivity index (χ0n) is 11.7. The molecule has 2 atom stereocenters. The van der Waals surface area contributed by atoms with Gasteiger partial charge in [0, 0.05) is 13.2 Å². The fourth-order valence-corrected chi connectivity index (χ4v) is 4.20. The molecule has 0 radical (unpaired) electrons. The van der Waals surface area contributed by atoms with Gasteiger partial charge in [0.25, 0.3) is 0 Å². The van der Waals surface area contributed by atoms with E-state index in [2.05, 4.69) is 10.4 Å². The van der Waals surface area contributed by atoms with Crippen molar-refractivity contribution in [2.24, 2.45) is 5.84 Å². The Bertz CT molecular complexity index is 611. The summed E-state index contributed by atoms with van der Waals surface area (Å²) in [7, 11) is -2.29. The van der Waals surface area contributed by atoms with Crippen molar-refractivity contribution in [3.05, 3.63) is 17.3 Å². The van der Waals surface area contributed by atoms with E-state index in [0.717, 1.165) is 12.8 Å². The van der Waals surface area contributed by atoms with Crippen molar-refractivity contribution in [1.82, 2.24) is 9.29 Å². The third kappa shape index (κ3) is 3.29. The fraction of sp³-hybridized carbons (Fsp3) is 0.583. The maximum absolute atomic E-state index is 12.6. The molecule has 1 saturated carbocycles. The first kappa shape index (κ1) is 16.4. The lowest BCUT2D eigenvalue weighted by Crippen LogP contribution is -2.46. The molecule has 7 nitrogen and oxygen atoms in total. The van der Waals surface area contributed by atoms with Crippen LogP contribution in [0.25, 0.3) is 0 Å². The van der Waals surface area contributed by atoms with Gasteiger partial charge in [-0.15, -0.1) is 0 Å². The van der Waals surface area contributed by atoms with Crippen molar-refractivity contribution in [3.63, 3.8) is 0 Å². The normalized spacial score (nSPS) is 23.3. The van der Waals surface area contributed by atoms with Crippen LogP contribution in [-0.2, 0) is 10.0 Å². The maximum atomic E-state index is 12.6. The molecule has 1 aromatic rings. The lowest BCUT2D eigenvalue weighted by molar-refractivity contribution is 0.0638. The first-order valence-electron chi connectivity index (χ1n) is 6.66. The zero-order chi connectivity index (χ0) is 15.6. The molecule has 0 bridgehead atoms. The summed E-state index contributed by atoms with van der Waals surface area (Å²) >= 11 is 5.92. The average molecular weight is 335 g/mol. The molecule has 0 amide bonds. The van der Waals surface area contributed by atoms with E-state index in [-0.39, 0.29) is 15.7 Å². The number of aromatic nitrogens is 1. The number of sulfonamides is 1. The van der Waals surface area contributed by atoms with Crippen LogP contribution < -0.4 is 11.3 Å². The van der Waals surface area contributed by atoms with Crippen LogP contribution in [0.2, 0.25) is 5.02 Å². The Morgan fingerprint density at radius 3 is 2.71 bits per heavy atom. The Hall–Kier alpha value is -0.930. The highest BCUT2D eigenvalue weighted by Crippen LogP contribution is 2.28. The van der Waals surface area contributed by atoms with E-state index in [4.69, 9.17) is 17.4 Å². The number of likely N-dealkylation sites (N-methyl/N-ethyl adjacent to an activating group) is 1. The number of aliphatic hydroxyl groups excluding tert-OH is 1. The second kappa shape index (κ2) is 6.45. The van der Waals surface area contributed by atoms with E-state index < -0.39 is 22.2 Å². The number of aliphatic hydroxyl groups is 1. The third-order valence-electron chi connectivity index (χ3n) is 3.79. The van der Waals surface area contributed by atoms with E-state index in [0.29, 0.717) is 12.8 Å². The molecule has 0 saturated heterocycles. The number of hydrogen-bond acceptors (Lipinski definition) is 6. The number of halogens is 1. The summed E-state index contributed by atoms with van der Waals surface area (Å²) in [5.74, 6) is 5.42. The molecule has 0 aromatic carbocycles. The molecule has 1 heterocycles. The first-order valence-corrected chi connectivity index (χ1v) is 8.48. The van der Waals surface area contributed by atoms with E-state index in [1.54, 1.807) is 0 Å². The van der Waals surface area contributed by atoms with Crippen LogP contribution in [0.3, 0.4) is 0 Å². The van der Waals surface area contributed by atoms with Crippen molar-refractivity contribution in [2.45, 2.75) is 42.7 Å². The van der Waals surface area contributed by atoms with Crippen LogP contribution in [0.15, 0.2) is 17.2 Å². The molecule has 0 aliphatic heterocycles. The molecule has 118 valence electrons. The molecular weight excluding hydrogens is 316 g/mol. The molecular formula is C12H19ClN4O3S. The van der Waals surface area contributed by atoms with Crippen molar-refractivity contribution in [2.75, 3.05) is 12.5 Å². The summed E-state index contributed by atoms with van der Waals surface area (Å²) in [6.07, 6.45) is 3.61. The molecule has 21 heavy (non-hydrogen) atoms. The summed E-state index contributed by atoms with van der Waals surface area (Å²) in [4.78, 5) is 3.85. The highest BCUT2D eigenvalue weighted by atomic mass is 35.5. The van der Waals surface area contributed by atoms with Gasteiger partial charge in [0.2, 0.25) is 10.0 Å². The smallest absolute Gasteiger partial charge is 0.244 e. The number of nitrogen functional groups attached to an aromatic ring is 1. The lowest BCUT2D eigenvalue weighted by atomic mass is 9.93. The van der Waals surface area contributed by atoms with Gasteiger partial charge in [-0.05, 0) is 18.9 Å². The van der Waals surface area contributed by atoms with Gasteiger partial charge in [0.1, 0.15) is 4.90 Å². The number of nitrogens with one attached hydrogen (secondary N) is 1. The minimum atomic E-state index is -3.76. The standard InChI is InChI=1S/C12H19ClN4O3S/c1-17(10-4-2-3-5-11(10)18)21(19,20)8-6-9(13)12(16-14)15-7-8/h6-7,10-11,18H,2-5,14H2,1H3,(H,15,16). The molecule has 2 unspecified atom stereocenters. The fourth-order valence-electron chi connectivity index (χ4n) is 2.53. The topological polar surface area (TPSA) is 109 Å². The summed E-state index contributed by atoms with van der Waals surface area (Å²) in [5.41, 5.74) is 2.28. The molecule has 4 N–H and O–H groups in total. The van der Waals surface area contributed by atoms with Gasteiger partial charge in [-0.1, -0.05) is 24.4 Å². The van der Waals surface area contributed by atoms with E-state index >= 15 is 0 Å². The third-order valence-corrected chi connectivity index (χ3v) is 5.93. The zero-order valence-corrected chi connectivity index (χ0v) is 13.2. The van der Waals surface area contributed by atoms with Crippen molar-refractivity contribution in [1.29, 1.82) is 0 Å². The Labute approximate surface area is 129 Å². The van der Waals surface area contributed by atoms with Crippen molar-refractivity contribution < 1.29 is 13.5 Å². The SMILES string of the molecule is CN(C1CCCCC1O)S(=O)(=O)c1cnc(NN)c(Cl)c1. The molecule has 2 rings (SSSR count). The number of nitrogens with two attached hydrogens (primary N) is 1. The first-order chi connectivity index (χ1) is 9.87. The minimum absolute atomic E-state index is 0.0215. The second-order valence-corrected chi connectivity index (χ2v) is 7.49. The summed E-state index contributed by atoms with van der Waals surface area (Å²) < 4.78 is 26.4. The van der Waals surface area contributed by atoms with E-state index in [9.17, 15) is 13.5 Å². The van der Waals surface area contributed by atoms with Crippen LogP contribution in [-0.4, -0.2) is 42.0 Å². The summed E-state index contributed by atoms with van der Waals surface area (Å²) in [5, 5.41) is 10.1. The Balaban J connectivity index is 2.30. The van der Waals surface area contributed by atoms with E-state index in [1.807, 2.05) is 0 Å². The molecule has 1 aliphatic carbocycles. The van der Waals surface area contributed by atoms with Gasteiger partial charge in [0.15, 0.2) is 5.82 Å². The Morgan fingerprint density at radius 2 is 2.14 bits per heavy atom. The number of rotatable bonds is 4. The number of anilines is 1. The summed E-state index contributed by atoms with van der Waals surface area (Å²) in [6, 6.07) is 0.875.